The van der Waals surface area contributed by atoms with Crippen LogP contribution in [0.25, 0.3) is 0 Å². The van der Waals surface area contributed by atoms with Crippen molar-refractivity contribution in [3.8, 4) is 0 Å². The van der Waals surface area contributed by atoms with Crippen LogP contribution in [0.4, 0.5) is 5.69 Å². The number of hydrogen-bond donors (Lipinski definition) is 3. The highest BCUT2D eigenvalue weighted by molar-refractivity contribution is 14.0. The second-order valence-electron chi connectivity index (χ2n) is 7.69. The van der Waals surface area contributed by atoms with Crippen LogP contribution in [0.5, 0.6) is 0 Å². The van der Waals surface area contributed by atoms with E-state index in [2.05, 4.69) is 39.0 Å². The number of halogens is 1. The summed E-state index contributed by atoms with van der Waals surface area (Å²) >= 11 is 0. The topological polar surface area (TPSA) is 68.8 Å². The van der Waals surface area contributed by atoms with Crippen LogP contribution in [0.2, 0.25) is 0 Å². The van der Waals surface area contributed by atoms with Gasteiger partial charge in [0.2, 0.25) is 5.91 Å². The third-order valence-corrected chi connectivity index (χ3v) is 5.80. The van der Waals surface area contributed by atoms with Gasteiger partial charge in [-0.25, -0.2) is 0 Å². The molecule has 1 atom stereocenters. The molecule has 0 bridgehead atoms. The maximum atomic E-state index is 12.0. The lowest BCUT2D eigenvalue weighted by molar-refractivity contribution is -0.116. The number of para-hydroxylation sites is 1. The second kappa shape index (κ2) is 11.6. The van der Waals surface area contributed by atoms with Crippen LogP contribution in [0.15, 0.2) is 29.3 Å². The number of carbonyl (C=O) groups excluding carboxylic acids is 1. The molecule has 1 saturated carbocycles. The number of carbonyl (C=O) groups is 1. The lowest BCUT2D eigenvalue weighted by atomic mass is 9.90. The fourth-order valence-electron chi connectivity index (χ4n) is 4.18. The summed E-state index contributed by atoms with van der Waals surface area (Å²) in [6.07, 6.45) is 7.27. The molecule has 1 fully saturated rings. The van der Waals surface area contributed by atoms with E-state index in [4.69, 9.17) is 0 Å². The van der Waals surface area contributed by atoms with Crippen molar-refractivity contribution < 1.29 is 4.79 Å². The highest BCUT2D eigenvalue weighted by Gasteiger charge is 2.24. The Morgan fingerprint density at radius 1 is 1.21 bits per heavy atom. The van der Waals surface area contributed by atoms with Crippen molar-refractivity contribution in [1.82, 2.24) is 15.5 Å². The SMILES string of the molecule is CN=C(NCCN(C)C1CCCCC1)NCC1CC(=O)Nc2ccccc21.I. The first-order valence-corrected chi connectivity index (χ1v) is 10.2. The summed E-state index contributed by atoms with van der Waals surface area (Å²) < 4.78 is 0. The molecule has 0 saturated heterocycles. The lowest BCUT2D eigenvalue weighted by Crippen LogP contribution is -2.44. The van der Waals surface area contributed by atoms with Crippen molar-refractivity contribution in [3.63, 3.8) is 0 Å². The van der Waals surface area contributed by atoms with E-state index in [-0.39, 0.29) is 35.8 Å². The number of aliphatic imine (C=N–C) groups is 1. The first-order valence-electron chi connectivity index (χ1n) is 10.2. The molecule has 3 rings (SSSR count). The fraction of sp³-hybridized carbons (Fsp3) is 0.619. The average Bonchev–Trinajstić information content (AvgIpc) is 2.70. The fourth-order valence-corrected chi connectivity index (χ4v) is 4.18. The first kappa shape index (κ1) is 22.9. The highest BCUT2D eigenvalue weighted by Crippen LogP contribution is 2.31. The molecular formula is C21H34IN5O. The maximum absolute atomic E-state index is 12.0. The Labute approximate surface area is 186 Å². The zero-order valence-corrected chi connectivity index (χ0v) is 19.4. The Bertz CT molecular complexity index is 660. The van der Waals surface area contributed by atoms with E-state index in [1.807, 2.05) is 18.2 Å². The molecule has 1 aliphatic carbocycles. The summed E-state index contributed by atoms with van der Waals surface area (Å²) in [4.78, 5) is 18.8. The minimum absolute atomic E-state index is 0. The maximum Gasteiger partial charge on any atom is 0.225 e. The molecule has 1 unspecified atom stereocenters. The number of nitrogens with one attached hydrogen (secondary N) is 3. The predicted molar refractivity (Wildman–Crippen MR) is 127 cm³/mol. The average molecular weight is 499 g/mol. The number of amides is 1. The Kier molecular flexibility index (Phi) is 9.50. The largest absolute Gasteiger partial charge is 0.356 e. The van der Waals surface area contributed by atoms with Gasteiger partial charge in [-0.05, 0) is 31.5 Å². The summed E-state index contributed by atoms with van der Waals surface area (Å²) in [6, 6.07) is 8.77. The molecule has 6 nitrogen and oxygen atoms in total. The van der Waals surface area contributed by atoms with E-state index >= 15 is 0 Å². The molecule has 28 heavy (non-hydrogen) atoms. The summed E-state index contributed by atoms with van der Waals surface area (Å²) in [5.74, 6) is 1.05. The van der Waals surface area contributed by atoms with E-state index in [1.54, 1.807) is 7.05 Å². The number of rotatable bonds is 6. The van der Waals surface area contributed by atoms with E-state index in [0.717, 1.165) is 30.8 Å². The zero-order valence-electron chi connectivity index (χ0n) is 17.0. The predicted octanol–water partition coefficient (Wildman–Crippen LogP) is 3.16. The third kappa shape index (κ3) is 6.34. The van der Waals surface area contributed by atoms with Gasteiger partial charge >= 0.3 is 0 Å². The zero-order chi connectivity index (χ0) is 19.1. The molecule has 2 aliphatic rings. The summed E-state index contributed by atoms with van der Waals surface area (Å²) in [5, 5.41) is 9.76. The normalized spacial score (nSPS) is 20.2. The number of likely N-dealkylation sites (N-methyl/N-ethyl adjacent to an activating group) is 1. The molecule has 1 aliphatic heterocycles. The van der Waals surface area contributed by atoms with Gasteiger partial charge in [-0.3, -0.25) is 9.79 Å². The Hall–Kier alpha value is -1.35. The summed E-state index contributed by atoms with van der Waals surface area (Å²) in [5.41, 5.74) is 2.12. The quantitative estimate of drug-likeness (QED) is 0.320. The van der Waals surface area contributed by atoms with Crippen molar-refractivity contribution in [2.24, 2.45) is 4.99 Å². The number of nitrogens with zero attached hydrogens (tertiary/aromatic N) is 2. The molecular weight excluding hydrogens is 465 g/mol. The molecule has 0 aromatic heterocycles. The Balaban J connectivity index is 0.00000280. The van der Waals surface area contributed by atoms with Gasteiger partial charge in [0.15, 0.2) is 5.96 Å². The minimum Gasteiger partial charge on any atom is -0.356 e. The van der Waals surface area contributed by atoms with Gasteiger partial charge in [0.25, 0.3) is 0 Å². The monoisotopic (exact) mass is 499 g/mol. The van der Waals surface area contributed by atoms with Crippen molar-refractivity contribution in [2.75, 3.05) is 39.0 Å². The molecule has 1 aromatic carbocycles. The molecule has 156 valence electrons. The van der Waals surface area contributed by atoms with Crippen LogP contribution < -0.4 is 16.0 Å². The molecule has 1 aromatic rings. The van der Waals surface area contributed by atoms with Gasteiger partial charge in [0, 0.05) is 50.7 Å². The van der Waals surface area contributed by atoms with Gasteiger partial charge in [0.05, 0.1) is 0 Å². The smallest absolute Gasteiger partial charge is 0.225 e. The van der Waals surface area contributed by atoms with Gasteiger partial charge in [-0.15, -0.1) is 24.0 Å². The molecule has 3 N–H and O–H groups in total. The number of guanidine groups is 1. The van der Waals surface area contributed by atoms with Crippen LogP contribution in [0.3, 0.4) is 0 Å². The van der Waals surface area contributed by atoms with Crippen LogP contribution in [0, 0.1) is 0 Å². The van der Waals surface area contributed by atoms with Crippen molar-refractivity contribution >= 4 is 41.5 Å². The van der Waals surface area contributed by atoms with E-state index in [9.17, 15) is 4.79 Å². The van der Waals surface area contributed by atoms with Gasteiger partial charge in [-0.2, -0.15) is 0 Å². The number of hydrogen-bond acceptors (Lipinski definition) is 3. The molecule has 7 heteroatoms. The molecule has 0 radical (unpaired) electrons. The first-order chi connectivity index (χ1) is 13.2. The molecule has 1 heterocycles. The van der Waals surface area contributed by atoms with Gasteiger partial charge in [-0.1, -0.05) is 37.5 Å². The number of fused-ring (bicyclic) bond motifs is 1. The summed E-state index contributed by atoms with van der Waals surface area (Å²) in [7, 11) is 4.02. The van der Waals surface area contributed by atoms with Crippen molar-refractivity contribution in [3.05, 3.63) is 29.8 Å². The van der Waals surface area contributed by atoms with E-state index in [0.29, 0.717) is 13.0 Å². The van der Waals surface area contributed by atoms with Crippen molar-refractivity contribution in [2.45, 2.75) is 50.5 Å². The number of benzene rings is 1. The Morgan fingerprint density at radius 2 is 1.96 bits per heavy atom. The second-order valence-corrected chi connectivity index (χ2v) is 7.69. The lowest BCUT2D eigenvalue weighted by Gasteiger charge is -2.31. The Morgan fingerprint density at radius 3 is 2.71 bits per heavy atom. The summed E-state index contributed by atoms with van der Waals surface area (Å²) in [6.45, 7) is 2.58. The van der Waals surface area contributed by atoms with Gasteiger partial charge in [0.1, 0.15) is 0 Å². The van der Waals surface area contributed by atoms with Crippen LogP contribution in [-0.2, 0) is 4.79 Å². The van der Waals surface area contributed by atoms with E-state index in [1.165, 1.54) is 37.7 Å². The van der Waals surface area contributed by atoms with Gasteiger partial charge < -0.3 is 20.9 Å². The molecule has 0 spiro atoms. The third-order valence-electron chi connectivity index (χ3n) is 5.80. The van der Waals surface area contributed by atoms with Crippen molar-refractivity contribution in [1.29, 1.82) is 0 Å². The van der Waals surface area contributed by atoms with Crippen LogP contribution in [0.1, 0.15) is 50.0 Å². The van der Waals surface area contributed by atoms with E-state index < -0.39 is 0 Å². The number of anilines is 1. The minimum atomic E-state index is 0. The standard InChI is InChI=1S/C21H33N5O.HI/c1-22-21(23-12-13-26(2)17-8-4-3-5-9-17)24-15-16-14-20(27)25-19-11-7-6-10-18(16)19;/h6-7,10-11,16-17H,3-5,8-9,12-15H2,1-2H3,(H,25,27)(H2,22,23,24);1H. The highest BCUT2D eigenvalue weighted by atomic mass is 127. The molecule has 1 amide bonds. The van der Waals surface area contributed by atoms with Crippen LogP contribution in [-0.4, -0.2) is 56.5 Å². The van der Waals surface area contributed by atoms with Crippen LogP contribution >= 0.6 is 24.0 Å².